The molecule has 7 nitrogen and oxygen atoms in total. The fourth-order valence-corrected chi connectivity index (χ4v) is 4.06. The zero-order valence-corrected chi connectivity index (χ0v) is 19.3. The highest BCUT2D eigenvalue weighted by Gasteiger charge is 2.32. The number of amides is 1. The van der Waals surface area contributed by atoms with Gasteiger partial charge in [-0.25, -0.2) is 4.98 Å². The Bertz CT molecular complexity index is 1030. The standard InChI is InChI=1S/C23H34N6O/c1-21(2,3)14-23(7,8)28-19-17(22(4,5)6)27-18-15(13-25-29(18)19)20(30)26-16-11-9-10-12-24-16/h9-13,27-28H,14H2,1-8H3,(H,24,26,30). The minimum absolute atomic E-state index is 0.157. The largest absolute Gasteiger partial charge is 0.364 e. The molecule has 30 heavy (non-hydrogen) atoms. The third-order valence-electron chi connectivity index (χ3n) is 4.79. The molecule has 3 N–H and O–H groups in total. The van der Waals surface area contributed by atoms with E-state index in [1.807, 2.05) is 12.1 Å². The molecule has 0 saturated heterocycles. The number of aromatic nitrogens is 4. The molecule has 0 bridgehead atoms. The maximum absolute atomic E-state index is 12.9. The molecule has 3 rings (SSSR count). The maximum atomic E-state index is 12.9. The van der Waals surface area contributed by atoms with Gasteiger partial charge in [0.05, 0.1) is 11.9 Å². The van der Waals surface area contributed by atoms with Gasteiger partial charge in [0, 0.05) is 17.2 Å². The lowest BCUT2D eigenvalue weighted by molar-refractivity contribution is 0.102. The van der Waals surface area contributed by atoms with Crippen LogP contribution >= 0.6 is 0 Å². The number of hydrogen-bond acceptors (Lipinski definition) is 4. The van der Waals surface area contributed by atoms with Crippen LogP contribution < -0.4 is 10.6 Å². The smallest absolute Gasteiger partial charge is 0.262 e. The second-order valence-corrected chi connectivity index (χ2v) is 10.8. The fraction of sp³-hybridized carbons (Fsp3) is 0.522. The van der Waals surface area contributed by atoms with Crippen molar-refractivity contribution in [3.63, 3.8) is 0 Å². The molecule has 0 atom stereocenters. The van der Waals surface area contributed by atoms with Crippen molar-refractivity contribution in [2.45, 2.75) is 72.8 Å². The molecule has 3 heterocycles. The van der Waals surface area contributed by atoms with Gasteiger partial charge < -0.3 is 15.6 Å². The van der Waals surface area contributed by atoms with Crippen LogP contribution in [0.4, 0.5) is 11.6 Å². The first-order chi connectivity index (χ1) is 13.8. The van der Waals surface area contributed by atoms with E-state index in [1.54, 1.807) is 23.0 Å². The molecule has 7 heteroatoms. The van der Waals surface area contributed by atoms with E-state index in [0.717, 1.165) is 17.9 Å². The molecular formula is C23H34N6O. The average molecular weight is 411 g/mol. The van der Waals surface area contributed by atoms with Crippen LogP contribution in [0.25, 0.3) is 5.65 Å². The topological polar surface area (TPSA) is 87.1 Å². The van der Waals surface area contributed by atoms with Crippen molar-refractivity contribution in [3.8, 4) is 0 Å². The highest BCUT2D eigenvalue weighted by Crippen LogP contribution is 2.35. The van der Waals surface area contributed by atoms with E-state index < -0.39 is 0 Å². The Labute approximate surface area is 178 Å². The minimum atomic E-state index is -0.245. The van der Waals surface area contributed by atoms with Crippen molar-refractivity contribution < 1.29 is 4.79 Å². The molecule has 3 aromatic heterocycles. The number of nitrogens with zero attached hydrogens (tertiary/aromatic N) is 3. The zero-order chi connectivity index (χ0) is 22.3. The van der Waals surface area contributed by atoms with Gasteiger partial charge in [-0.15, -0.1) is 0 Å². The Hall–Kier alpha value is -2.83. The molecular weight excluding hydrogens is 376 g/mol. The molecule has 0 aliphatic heterocycles. The van der Waals surface area contributed by atoms with Crippen molar-refractivity contribution in [3.05, 3.63) is 41.9 Å². The summed E-state index contributed by atoms with van der Waals surface area (Å²) in [5.74, 6) is 1.16. The molecule has 3 aromatic rings. The predicted molar refractivity (Wildman–Crippen MR) is 122 cm³/mol. The summed E-state index contributed by atoms with van der Waals surface area (Å²) in [6.45, 7) is 17.5. The summed E-state index contributed by atoms with van der Waals surface area (Å²) >= 11 is 0. The molecule has 162 valence electrons. The molecule has 0 aliphatic rings. The van der Waals surface area contributed by atoms with E-state index in [4.69, 9.17) is 0 Å². The monoisotopic (exact) mass is 410 g/mol. The highest BCUT2D eigenvalue weighted by atomic mass is 16.1. The Morgan fingerprint density at radius 2 is 1.80 bits per heavy atom. The highest BCUT2D eigenvalue weighted by molar-refractivity contribution is 6.08. The summed E-state index contributed by atoms with van der Waals surface area (Å²) in [5.41, 5.74) is 2.02. The van der Waals surface area contributed by atoms with Gasteiger partial charge in [0.1, 0.15) is 22.8 Å². The second-order valence-electron chi connectivity index (χ2n) is 10.8. The van der Waals surface area contributed by atoms with Crippen LogP contribution in [0.15, 0.2) is 30.6 Å². The fourth-order valence-electron chi connectivity index (χ4n) is 4.06. The van der Waals surface area contributed by atoms with Crippen molar-refractivity contribution >= 4 is 23.2 Å². The van der Waals surface area contributed by atoms with Gasteiger partial charge in [-0.1, -0.05) is 47.6 Å². The molecule has 0 saturated carbocycles. The van der Waals surface area contributed by atoms with E-state index in [0.29, 0.717) is 17.0 Å². The number of carbonyl (C=O) groups is 1. The Morgan fingerprint density at radius 1 is 1.10 bits per heavy atom. The summed E-state index contributed by atoms with van der Waals surface area (Å²) < 4.78 is 1.80. The van der Waals surface area contributed by atoms with E-state index in [-0.39, 0.29) is 22.3 Å². The first-order valence-corrected chi connectivity index (χ1v) is 10.4. The summed E-state index contributed by atoms with van der Waals surface area (Å²) in [7, 11) is 0. The second kappa shape index (κ2) is 7.45. The molecule has 0 aromatic carbocycles. The van der Waals surface area contributed by atoms with Gasteiger partial charge >= 0.3 is 0 Å². The SMILES string of the molecule is CC(C)(C)CC(C)(C)Nc1c(C(C)(C)C)[nH]c2c(C(=O)Nc3ccccn3)cnn12. The number of H-pyrrole nitrogens is 1. The number of pyridine rings is 1. The van der Waals surface area contributed by atoms with Crippen LogP contribution in [-0.4, -0.2) is 31.0 Å². The number of rotatable bonds is 5. The molecule has 0 radical (unpaired) electrons. The maximum Gasteiger partial charge on any atom is 0.262 e. The van der Waals surface area contributed by atoms with E-state index in [2.05, 4.69) is 81.1 Å². The molecule has 0 fully saturated rings. The molecule has 0 unspecified atom stereocenters. The summed E-state index contributed by atoms with van der Waals surface area (Å²) in [6.07, 6.45) is 4.22. The van der Waals surface area contributed by atoms with Crippen LogP contribution in [0.1, 0.15) is 77.9 Å². The lowest BCUT2D eigenvalue weighted by Gasteiger charge is -2.34. The van der Waals surface area contributed by atoms with Gasteiger partial charge in [-0.2, -0.15) is 9.61 Å². The number of carbonyl (C=O) groups excluding carboxylic acids is 1. The zero-order valence-electron chi connectivity index (χ0n) is 19.3. The number of nitrogens with one attached hydrogen (secondary N) is 3. The summed E-state index contributed by atoms with van der Waals surface area (Å²) in [5, 5.41) is 11.1. The number of fused-ring (bicyclic) bond motifs is 1. The quantitative estimate of drug-likeness (QED) is 0.537. The number of anilines is 2. The third-order valence-corrected chi connectivity index (χ3v) is 4.79. The van der Waals surface area contributed by atoms with Crippen molar-refractivity contribution in [1.29, 1.82) is 0 Å². The Morgan fingerprint density at radius 3 is 2.37 bits per heavy atom. The van der Waals surface area contributed by atoms with Crippen molar-refractivity contribution in [1.82, 2.24) is 19.6 Å². The number of imidazole rings is 1. The lowest BCUT2D eigenvalue weighted by atomic mass is 9.81. The normalized spacial score (nSPS) is 12.9. The lowest BCUT2D eigenvalue weighted by Crippen LogP contribution is -2.36. The van der Waals surface area contributed by atoms with Crippen LogP contribution in [-0.2, 0) is 5.41 Å². The molecule has 0 spiro atoms. The van der Waals surface area contributed by atoms with Crippen molar-refractivity contribution in [2.75, 3.05) is 10.6 Å². The van der Waals surface area contributed by atoms with E-state index in [1.165, 1.54) is 0 Å². The molecule has 1 amide bonds. The number of aromatic amines is 1. The first-order valence-electron chi connectivity index (χ1n) is 10.4. The van der Waals surface area contributed by atoms with Gasteiger partial charge in [0.25, 0.3) is 5.91 Å². The Balaban J connectivity index is 2.02. The minimum Gasteiger partial charge on any atom is -0.364 e. The predicted octanol–water partition coefficient (Wildman–Crippen LogP) is 5.23. The van der Waals surface area contributed by atoms with Gasteiger partial charge in [-0.3, -0.25) is 4.79 Å². The van der Waals surface area contributed by atoms with Crippen LogP contribution in [0.2, 0.25) is 0 Å². The van der Waals surface area contributed by atoms with Crippen LogP contribution in [0.3, 0.4) is 0 Å². The first kappa shape index (κ1) is 21.9. The summed E-state index contributed by atoms with van der Waals surface area (Å²) in [6, 6.07) is 5.41. The number of hydrogen-bond donors (Lipinski definition) is 3. The molecule has 0 aliphatic carbocycles. The van der Waals surface area contributed by atoms with Gasteiger partial charge in [0.2, 0.25) is 0 Å². The van der Waals surface area contributed by atoms with Gasteiger partial charge in [-0.05, 0) is 37.8 Å². The Kier molecular flexibility index (Phi) is 5.43. The third kappa shape index (κ3) is 4.83. The van der Waals surface area contributed by atoms with E-state index in [9.17, 15) is 4.79 Å². The van der Waals surface area contributed by atoms with Gasteiger partial charge in [0.15, 0.2) is 0 Å². The van der Waals surface area contributed by atoms with E-state index >= 15 is 0 Å². The van der Waals surface area contributed by atoms with Crippen LogP contribution in [0.5, 0.6) is 0 Å². The summed E-state index contributed by atoms with van der Waals surface area (Å²) in [4.78, 5) is 20.5. The van der Waals surface area contributed by atoms with Crippen LogP contribution in [0, 0.1) is 5.41 Å². The average Bonchev–Trinajstić information content (AvgIpc) is 3.13. The van der Waals surface area contributed by atoms with Crippen molar-refractivity contribution in [2.24, 2.45) is 5.41 Å².